The predicted molar refractivity (Wildman–Crippen MR) is 84.0 cm³/mol. The number of quaternary nitrogens is 1. The van der Waals surface area contributed by atoms with E-state index in [9.17, 15) is 0 Å². The summed E-state index contributed by atoms with van der Waals surface area (Å²) in [6.07, 6.45) is -61.3. The maximum atomic E-state index is 8.27. The Kier molecular flexibility index (Phi) is 1.14. The highest BCUT2D eigenvalue weighted by Gasteiger charge is 2.04. The molecule has 0 aliphatic heterocycles. The van der Waals surface area contributed by atoms with E-state index in [2.05, 4.69) is 0 Å². The molecule has 0 bridgehead atoms. The normalized spacial score (nSPS) is 56.4. The molecular weight excluding hydrogens is 218 g/mol. The maximum Gasteiger partial charge on any atom is 0.0924 e. The molecule has 0 spiro atoms. The van der Waals surface area contributed by atoms with Crippen molar-refractivity contribution in [3.63, 3.8) is 0 Å². The molecule has 0 amide bonds. The van der Waals surface area contributed by atoms with E-state index < -0.39 is 115 Å². The third kappa shape index (κ3) is 16.0. The Morgan fingerprint density at radius 2 is 1.11 bits per heavy atom. The standard InChI is InChI=1S/C17H38N/c1-5-6-7-8-9-10-11-12-13-14-15-16-17-18(2,3)4/h5-17H2,1-4H3/q+1/i1D3,2D3,3D3,4D3,5D2,6D2,7D2,8D2,9D2,10D2,11D2,12D2,13D2,14D2,15D2,16D2,17D2. The van der Waals surface area contributed by atoms with Crippen molar-refractivity contribution in [1.29, 1.82) is 0 Å². The van der Waals surface area contributed by atoms with Gasteiger partial charge in [-0.15, -0.1) is 0 Å². The Labute approximate surface area is 170 Å². The van der Waals surface area contributed by atoms with Crippen LogP contribution in [0.15, 0.2) is 0 Å². The van der Waals surface area contributed by atoms with Crippen molar-refractivity contribution < 1.29 is 56.6 Å². The molecule has 0 radical (unpaired) electrons. The molecule has 0 aliphatic carbocycles. The predicted octanol–water partition coefficient (Wildman–Crippen LogP) is 5.39. The molecule has 0 atom stereocenters. The molecule has 0 saturated carbocycles. The van der Waals surface area contributed by atoms with Gasteiger partial charge in [-0.05, 0) is 12.7 Å². The minimum atomic E-state index is -5.31. The summed E-state index contributed by atoms with van der Waals surface area (Å²) in [5.41, 5.74) is 0. The van der Waals surface area contributed by atoms with Gasteiger partial charge < -0.3 is 4.48 Å². The largest absolute Gasteiger partial charge is 0.331 e. The van der Waals surface area contributed by atoms with E-state index >= 15 is 0 Å². The Bertz CT molecular complexity index is 1390. The lowest BCUT2D eigenvalue weighted by molar-refractivity contribution is -0.870. The molecule has 18 heavy (non-hydrogen) atoms. The molecule has 1 nitrogen and oxygen atoms in total. The van der Waals surface area contributed by atoms with E-state index in [0.717, 1.165) is 0 Å². The maximum absolute atomic E-state index is 8.27. The van der Waals surface area contributed by atoms with Crippen LogP contribution in [-0.2, 0) is 0 Å². The Hall–Kier alpha value is -0.0400. The summed E-state index contributed by atoms with van der Waals surface area (Å²) in [5.74, 6) is 0. The van der Waals surface area contributed by atoms with E-state index in [1.165, 1.54) is 0 Å². The molecule has 0 fully saturated rings. The molecular formula is C17H38N+. The number of hydrogen-bond acceptors (Lipinski definition) is 0. The van der Waals surface area contributed by atoms with Gasteiger partial charge in [-0.3, -0.25) is 0 Å². The fraction of sp³-hybridized carbons (Fsp3) is 1.00. The minimum Gasteiger partial charge on any atom is -0.331 e. The molecule has 0 aliphatic rings. The molecule has 110 valence electrons. The second-order valence-electron chi connectivity index (χ2n) is 2.28. The third-order valence-electron chi connectivity index (χ3n) is 0.911. The SMILES string of the molecule is [2H]C([2H])([2H])C([2H])([2H])C([2H])([2H])C([2H])([2H])C([2H])([2H])C([2H])([2H])C([2H])([2H])C([2H])([2H])C([2H])([2H])C([2H])([2H])C([2H])([2H])C([2H])([2H])C([2H])([2H])C([2H])([2H])[N+](C([2H])([2H])[2H])(C([2H])([2H])[2H])C([2H])([2H])[2H]. The van der Waals surface area contributed by atoms with Crippen LogP contribution in [0.2, 0.25) is 0 Å². The van der Waals surface area contributed by atoms with Gasteiger partial charge in [-0.1, -0.05) is 70.6 Å². The number of rotatable bonds is 13. The lowest BCUT2D eigenvalue weighted by atomic mass is 10.1. The summed E-state index contributed by atoms with van der Waals surface area (Å²) in [5, 5.41) is 0. The second kappa shape index (κ2) is 12.0. The van der Waals surface area contributed by atoms with Crippen LogP contribution < -0.4 is 0 Å². The van der Waals surface area contributed by atoms with Crippen LogP contribution in [0.3, 0.4) is 0 Å². The van der Waals surface area contributed by atoms with Crippen molar-refractivity contribution in [2.75, 3.05) is 27.4 Å². The van der Waals surface area contributed by atoms with Crippen molar-refractivity contribution in [2.24, 2.45) is 0 Å². The molecule has 0 aromatic carbocycles. The average Bonchev–Trinajstić information content (AvgIpc) is 2.88. The van der Waals surface area contributed by atoms with E-state index in [0.29, 0.717) is 0 Å². The third-order valence-corrected chi connectivity index (χ3v) is 0.911. The van der Waals surface area contributed by atoms with Crippen molar-refractivity contribution >= 4 is 0 Å². The Morgan fingerprint density at radius 1 is 0.667 bits per heavy atom. The number of hydrogen-bond donors (Lipinski definition) is 0. The molecule has 0 heterocycles. The first-order valence-corrected chi connectivity index (χ1v) is 4.14. The highest BCUT2D eigenvalue weighted by Crippen LogP contribution is 2.12. The lowest BCUT2D eigenvalue weighted by Crippen LogP contribution is -2.35. The Morgan fingerprint density at radius 3 is 1.56 bits per heavy atom. The molecule has 0 aromatic rings. The zero-order valence-electron chi connectivity index (χ0n) is 46.9. The van der Waals surface area contributed by atoms with Crippen LogP contribution in [0.25, 0.3) is 0 Å². The van der Waals surface area contributed by atoms with Gasteiger partial charge in [0.1, 0.15) is 0 Å². The lowest BCUT2D eigenvalue weighted by Gasteiger charge is -2.23. The molecule has 0 aromatic heterocycles. The summed E-state index contributed by atoms with van der Waals surface area (Å²) in [6, 6.07) is 0. The Balaban J connectivity index is 8.11. The van der Waals surface area contributed by atoms with Gasteiger partial charge in [0.25, 0.3) is 0 Å². The van der Waals surface area contributed by atoms with Crippen molar-refractivity contribution in [3.05, 3.63) is 0 Å². The van der Waals surface area contributed by atoms with Crippen molar-refractivity contribution in [1.82, 2.24) is 0 Å². The molecule has 0 saturated heterocycles. The smallest absolute Gasteiger partial charge is 0.0924 e. The van der Waals surface area contributed by atoms with E-state index in [-0.39, 0.29) is 0 Å². The van der Waals surface area contributed by atoms with E-state index in [1.54, 1.807) is 0 Å². The summed E-state index contributed by atoms with van der Waals surface area (Å²) in [6.45, 7) is -23.7. The first-order chi connectivity index (χ1) is 23.2. The van der Waals surface area contributed by atoms with Crippen LogP contribution in [0.1, 0.15) is 135 Å². The van der Waals surface area contributed by atoms with Crippen LogP contribution in [0.5, 0.6) is 0 Å². The van der Waals surface area contributed by atoms with Gasteiger partial charge in [-0.25, -0.2) is 0 Å². The second-order valence-corrected chi connectivity index (χ2v) is 2.28. The van der Waals surface area contributed by atoms with Crippen LogP contribution in [-0.4, -0.2) is 31.9 Å². The van der Waals surface area contributed by atoms with Crippen LogP contribution in [0.4, 0.5) is 0 Å². The van der Waals surface area contributed by atoms with E-state index in [4.69, 9.17) is 52.1 Å². The zero-order chi connectivity index (χ0) is 47.0. The summed E-state index contributed by atoms with van der Waals surface area (Å²) in [7, 11) is 0. The van der Waals surface area contributed by atoms with Gasteiger partial charge in [-0.2, -0.15) is 0 Å². The molecule has 0 N–H and O–H groups in total. The highest BCUT2D eigenvalue weighted by atomic mass is 15.3. The average molecular weight is 295 g/mol. The zero-order valence-corrected chi connectivity index (χ0v) is 8.95. The van der Waals surface area contributed by atoms with Gasteiger partial charge in [0.05, 0.1) is 42.5 Å². The van der Waals surface area contributed by atoms with E-state index in [1.807, 2.05) is 0 Å². The topological polar surface area (TPSA) is 0 Å². The summed E-state index contributed by atoms with van der Waals surface area (Å²) >= 11 is 0. The summed E-state index contributed by atoms with van der Waals surface area (Å²) in [4.78, 5) is 0. The van der Waals surface area contributed by atoms with Crippen molar-refractivity contribution in [2.45, 2.75) is 83.3 Å². The van der Waals surface area contributed by atoms with Crippen molar-refractivity contribution in [3.8, 4) is 0 Å². The minimum absolute atomic E-state index is 4.02. The quantitative estimate of drug-likeness (QED) is 0.399. The van der Waals surface area contributed by atoms with Crippen LogP contribution in [0, 0.1) is 0 Å². The monoisotopic (exact) mass is 295 g/mol. The van der Waals surface area contributed by atoms with Gasteiger partial charge in [0, 0.05) is 37.0 Å². The van der Waals surface area contributed by atoms with Crippen LogP contribution >= 0.6 is 0 Å². The molecule has 0 rings (SSSR count). The molecule has 1 heteroatoms. The van der Waals surface area contributed by atoms with Gasteiger partial charge >= 0.3 is 0 Å². The first-order valence-electron chi connectivity index (χ1n) is 23.1. The number of nitrogens with zero attached hydrogens (tertiary/aromatic N) is 1. The fourth-order valence-electron chi connectivity index (χ4n) is 0.424. The fourth-order valence-corrected chi connectivity index (χ4v) is 0.424. The first kappa shape index (κ1) is 1.71. The highest BCUT2D eigenvalue weighted by molar-refractivity contribution is 4.48. The molecule has 0 unspecified atom stereocenters. The summed E-state index contributed by atoms with van der Waals surface area (Å²) < 4.78 is 298. The van der Waals surface area contributed by atoms with Gasteiger partial charge in [0.2, 0.25) is 0 Å². The van der Waals surface area contributed by atoms with Gasteiger partial charge in [0.15, 0.2) is 0 Å².